The Balaban J connectivity index is 1.53. The molecule has 0 aliphatic carbocycles. The highest BCUT2D eigenvalue weighted by atomic mass is 16.5. The summed E-state index contributed by atoms with van der Waals surface area (Å²) in [5.74, 6) is 0.892. The largest absolute Gasteiger partial charge is 0.488 e. The molecule has 4 rings (SSSR count). The summed E-state index contributed by atoms with van der Waals surface area (Å²) in [6, 6.07) is 12.7. The summed E-state index contributed by atoms with van der Waals surface area (Å²) in [6.07, 6.45) is 1.29. The Bertz CT molecular complexity index is 904. The summed E-state index contributed by atoms with van der Waals surface area (Å²) in [5, 5.41) is 5.59. The Hall–Kier alpha value is -3.28. The number of para-hydroxylation sites is 1. The Labute approximate surface area is 144 Å². The van der Waals surface area contributed by atoms with Crippen LogP contribution >= 0.6 is 0 Å². The number of ether oxygens (including phenoxy) is 2. The quantitative estimate of drug-likeness (QED) is 0.884. The topological polar surface area (TPSA) is 76.7 Å². The predicted octanol–water partition coefficient (Wildman–Crippen LogP) is 2.82. The van der Waals surface area contributed by atoms with Crippen LogP contribution in [0.1, 0.15) is 12.5 Å². The third-order valence-electron chi connectivity index (χ3n) is 4.09. The van der Waals surface area contributed by atoms with E-state index in [0.717, 1.165) is 11.3 Å². The number of carbonyl (C=O) groups excluding carboxylic acids is 2. The molecular weight excluding hydrogens is 320 g/mol. The average Bonchev–Trinajstić information content (AvgIpc) is 2.62. The molecule has 0 radical (unpaired) electrons. The van der Waals surface area contributed by atoms with Crippen LogP contribution in [0.25, 0.3) is 6.08 Å². The highest BCUT2D eigenvalue weighted by Gasteiger charge is 2.24. The van der Waals surface area contributed by atoms with Gasteiger partial charge in [-0.3, -0.25) is 9.59 Å². The molecule has 0 spiro atoms. The van der Waals surface area contributed by atoms with Gasteiger partial charge in [-0.2, -0.15) is 0 Å². The maximum Gasteiger partial charge on any atom is 0.265 e. The monoisotopic (exact) mass is 336 g/mol. The standard InChI is InChI=1S/C19H16N2O4/c1-11-18(22)21-15-9-14(6-7-17(15)25-11)20-19(23)13-8-12-4-2-3-5-16(12)24-10-13/h2-9,11H,10H2,1H3,(H,20,23)(H,21,22). The van der Waals surface area contributed by atoms with E-state index in [1.165, 1.54) is 0 Å². The lowest BCUT2D eigenvalue weighted by molar-refractivity contribution is -0.122. The van der Waals surface area contributed by atoms with E-state index in [1.54, 1.807) is 25.1 Å². The van der Waals surface area contributed by atoms with Gasteiger partial charge in [0.1, 0.15) is 18.1 Å². The summed E-state index contributed by atoms with van der Waals surface area (Å²) in [6.45, 7) is 1.90. The van der Waals surface area contributed by atoms with Crippen LogP contribution in [-0.2, 0) is 9.59 Å². The first-order valence-electron chi connectivity index (χ1n) is 7.95. The van der Waals surface area contributed by atoms with Gasteiger partial charge in [-0.15, -0.1) is 0 Å². The first-order valence-corrected chi connectivity index (χ1v) is 7.95. The number of hydrogen-bond donors (Lipinski definition) is 2. The molecule has 0 saturated carbocycles. The lowest BCUT2D eigenvalue weighted by Crippen LogP contribution is -2.34. The Kier molecular flexibility index (Phi) is 3.65. The lowest BCUT2D eigenvalue weighted by atomic mass is 10.1. The molecule has 2 aromatic carbocycles. The highest BCUT2D eigenvalue weighted by molar-refractivity contribution is 6.08. The third-order valence-corrected chi connectivity index (χ3v) is 4.09. The van der Waals surface area contributed by atoms with Gasteiger partial charge in [0, 0.05) is 11.3 Å². The summed E-state index contributed by atoms with van der Waals surface area (Å²) in [7, 11) is 0. The molecule has 0 bridgehead atoms. The zero-order chi connectivity index (χ0) is 17.4. The van der Waals surface area contributed by atoms with Crippen LogP contribution < -0.4 is 20.1 Å². The number of nitrogens with one attached hydrogen (secondary N) is 2. The van der Waals surface area contributed by atoms with Crippen molar-refractivity contribution in [3.05, 3.63) is 53.6 Å². The molecule has 0 saturated heterocycles. The summed E-state index contributed by atoms with van der Waals surface area (Å²) >= 11 is 0. The minimum Gasteiger partial charge on any atom is -0.488 e. The van der Waals surface area contributed by atoms with Gasteiger partial charge in [-0.1, -0.05) is 18.2 Å². The predicted molar refractivity (Wildman–Crippen MR) is 93.7 cm³/mol. The van der Waals surface area contributed by atoms with Gasteiger partial charge in [0.25, 0.3) is 11.8 Å². The van der Waals surface area contributed by atoms with Gasteiger partial charge in [0.2, 0.25) is 0 Å². The molecule has 25 heavy (non-hydrogen) atoms. The molecule has 2 amide bonds. The number of benzene rings is 2. The van der Waals surface area contributed by atoms with E-state index in [1.807, 2.05) is 30.3 Å². The zero-order valence-corrected chi connectivity index (χ0v) is 13.5. The Morgan fingerprint density at radius 1 is 1.20 bits per heavy atom. The van der Waals surface area contributed by atoms with Crippen molar-refractivity contribution in [3.8, 4) is 11.5 Å². The van der Waals surface area contributed by atoms with Crippen LogP contribution in [0.15, 0.2) is 48.0 Å². The molecule has 0 aromatic heterocycles. The molecule has 2 N–H and O–H groups in total. The smallest absolute Gasteiger partial charge is 0.265 e. The summed E-state index contributed by atoms with van der Waals surface area (Å²) < 4.78 is 11.1. The molecule has 0 fully saturated rings. The van der Waals surface area contributed by atoms with E-state index in [2.05, 4.69) is 10.6 Å². The Morgan fingerprint density at radius 2 is 2.04 bits per heavy atom. The van der Waals surface area contributed by atoms with E-state index in [-0.39, 0.29) is 18.4 Å². The van der Waals surface area contributed by atoms with E-state index in [0.29, 0.717) is 22.7 Å². The maximum absolute atomic E-state index is 12.5. The number of rotatable bonds is 2. The lowest BCUT2D eigenvalue weighted by Gasteiger charge is -2.24. The summed E-state index contributed by atoms with van der Waals surface area (Å²) in [4.78, 5) is 24.2. The van der Waals surface area contributed by atoms with Crippen LogP contribution in [0.4, 0.5) is 11.4 Å². The summed E-state index contributed by atoms with van der Waals surface area (Å²) in [5.41, 5.74) is 2.52. The molecule has 6 nitrogen and oxygen atoms in total. The molecular formula is C19H16N2O4. The average molecular weight is 336 g/mol. The number of carbonyl (C=O) groups is 2. The first-order chi connectivity index (χ1) is 12.1. The SMILES string of the molecule is CC1Oc2ccc(NC(=O)C3=Cc4ccccc4OC3)cc2NC1=O. The van der Waals surface area contributed by atoms with Crippen molar-refractivity contribution in [2.75, 3.05) is 17.2 Å². The molecule has 2 aromatic rings. The second kappa shape index (κ2) is 5.98. The molecule has 2 aliphatic heterocycles. The molecule has 126 valence electrons. The minimum absolute atomic E-state index is 0.212. The Morgan fingerprint density at radius 3 is 2.92 bits per heavy atom. The van der Waals surface area contributed by atoms with Crippen molar-refractivity contribution in [1.82, 2.24) is 0 Å². The highest BCUT2D eigenvalue weighted by Crippen LogP contribution is 2.32. The fraction of sp³-hybridized carbons (Fsp3) is 0.158. The van der Waals surface area contributed by atoms with Gasteiger partial charge in [-0.05, 0) is 37.3 Å². The van der Waals surface area contributed by atoms with Crippen LogP contribution in [0.3, 0.4) is 0 Å². The van der Waals surface area contributed by atoms with Gasteiger partial charge in [0.15, 0.2) is 6.10 Å². The van der Waals surface area contributed by atoms with Gasteiger partial charge >= 0.3 is 0 Å². The van der Waals surface area contributed by atoms with Crippen LogP contribution in [0.5, 0.6) is 11.5 Å². The molecule has 1 atom stereocenters. The second-order valence-corrected chi connectivity index (χ2v) is 5.91. The molecule has 2 aliphatic rings. The number of anilines is 2. The maximum atomic E-state index is 12.5. The van der Waals surface area contributed by atoms with Crippen molar-refractivity contribution in [2.24, 2.45) is 0 Å². The van der Waals surface area contributed by atoms with Gasteiger partial charge in [0.05, 0.1) is 11.3 Å². The van der Waals surface area contributed by atoms with E-state index < -0.39 is 6.10 Å². The number of fused-ring (bicyclic) bond motifs is 2. The van der Waals surface area contributed by atoms with Gasteiger partial charge in [-0.25, -0.2) is 0 Å². The van der Waals surface area contributed by atoms with Crippen molar-refractivity contribution in [3.63, 3.8) is 0 Å². The fourth-order valence-electron chi connectivity index (χ4n) is 2.75. The molecule has 2 heterocycles. The van der Waals surface area contributed by atoms with E-state index in [9.17, 15) is 9.59 Å². The van der Waals surface area contributed by atoms with Crippen LogP contribution in [0, 0.1) is 0 Å². The van der Waals surface area contributed by atoms with Crippen molar-refractivity contribution < 1.29 is 19.1 Å². The number of hydrogen-bond acceptors (Lipinski definition) is 4. The van der Waals surface area contributed by atoms with Crippen LogP contribution in [0.2, 0.25) is 0 Å². The molecule has 1 unspecified atom stereocenters. The van der Waals surface area contributed by atoms with Crippen molar-refractivity contribution in [1.29, 1.82) is 0 Å². The minimum atomic E-state index is -0.530. The number of amides is 2. The normalized spacial score (nSPS) is 17.9. The first kappa shape index (κ1) is 15.3. The van der Waals surface area contributed by atoms with Crippen molar-refractivity contribution in [2.45, 2.75) is 13.0 Å². The molecule has 6 heteroatoms. The zero-order valence-electron chi connectivity index (χ0n) is 13.5. The van der Waals surface area contributed by atoms with Gasteiger partial charge < -0.3 is 20.1 Å². The third kappa shape index (κ3) is 2.94. The second-order valence-electron chi connectivity index (χ2n) is 5.91. The van der Waals surface area contributed by atoms with E-state index >= 15 is 0 Å². The fourth-order valence-corrected chi connectivity index (χ4v) is 2.75. The van der Waals surface area contributed by atoms with Crippen molar-refractivity contribution >= 4 is 29.3 Å². The van der Waals surface area contributed by atoms with E-state index in [4.69, 9.17) is 9.47 Å². The van der Waals surface area contributed by atoms with Crippen LogP contribution in [-0.4, -0.2) is 24.5 Å².